The lowest BCUT2D eigenvalue weighted by Crippen LogP contribution is -2.33. The summed E-state index contributed by atoms with van der Waals surface area (Å²) in [6.45, 7) is 2.06. The van der Waals surface area contributed by atoms with Crippen molar-refractivity contribution in [3.05, 3.63) is 18.1 Å². The number of anilines is 1. The molecule has 0 bridgehead atoms. The molecule has 0 spiro atoms. The van der Waals surface area contributed by atoms with Gasteiger partial charge in [-0.3, -0.25) is 4.79 Å². The molecule has 4 rings (SSSR count). The van der Waals surface area contributed by atoms with E-state index in [1.54, 1.807) is 10.8 Å². The second kappa shape index (κ2) is 4.98. The molecule has 0 aromatic carbocycles. The molecule has 3 heterocycles. The lowest BCUT2D eigenvalue weighted by atomic mass is 10.2. The second-order valence-corrected chi connectivity index (χ2v) is 5.80. The molecule has 2 aromatic heterocycles. The Morgan fingerprint density at radius 1 is 1.33 bits per heavy atom. The fraction of sp³-hybridized carbons (Fsp3) is 0.571. The van der Waals surface area contributed by atoms with Crippen LogP contribution < -0.4 is 5.32 Å². The Balaban J connectivity index is 1.54. The monoisotopic (exact) mass is 286 g/mol. The Bertz CT molecular complexity index is 671. The van der Waals surface area contributed by atoms with Gasteiger partial charge in [-0.15, -0.1) is 10.2 Å². The van der Waals surface area contributed by atoms with Gasteiger partial charge in [-0.25, -0.2) is 0 Å². The maximum absolute atomic E-state index is 12.1. The average molecular weight is 286 g/mol. The number of likely N-dealkylation sites (tertiary alicyclic amines) is 1. The first-order chi connectivity index (χ1) is 10.3. The third-order valence-electron chi connectivity index (χ3n) is 4.17. The quantitative estimate of drug-likeness (QED) is 0.908. The largest absolute Gasteiger partial charge is 0.373 e. The van der Waals surface area contributed by atoms with Crippen LogP contribution in [0.25, 0.3) is 5.65 Å². The molecule has 110 valence electrons. The van der Waals surface area contributed by atoms with Crippen LogP contribution in [0.1, 0.15) is 37.3 Å². The van der Waals surface area contributed by atoms with E-state index >= 15 is 0 Å². The summed E-state index contributed by atoms with van der Waals surface area (Å²) < 4.78 is 1.69. The molecule has 1 N–H and O–H groups in total. The van der Waals surface area contributed by atoms with Crippen molar-refractivity contribution in [2.24, 2.45) is 0 Å². The maximum atomic E-state index is 12.1. The minimum atomic E-state index is 0.148. The van der Waals surface area contributed by atoms with Crippen molar-refractivity contribution in [3.63, 3.8) is 0 Å². The summed E-state index contributed by atoms with van der Waals surface area (Å²) in [6.07, 6.45) is 6.21. The van der Waals surface area contributed by atoms with Crippen LogP contribution in [0.2, 0.25) is 0 Å². The molecule has 0 atom stereocenters. The van der Waals surface area contributed by atoms with Crippen LogP contribution in [-0.4, -0.2) is 50.3 Å². The third kappa shape index (κ3) is 2.43. The van der Waals surface area contributed by atoms with Gasteiger partial charge in [-0.2, -0.15) is 9.61 Å². The summed E-state index contributed by atoms with van der Waals surface area (Å²) in [5.74, 6) is 0.696. The maximum Gasteiger partial charge on any atom is 0.241 e. The summed E-state index contributed by atoms with van der Waals surface area (Å²) in [6, 6.07) is 2.01. The highest BCUT2D eigenvalue weighted by Crippen LogP contribution is 2.39. The molecular formula is C14H18N6O. The number of aromatic nitrogens is 4. The molecule has 21 heavy (non-hydrogen) atoms. The van der Waals surface area contributed by atoms with Gasteiger partial charge in [0.1, 0.15) is 6.33 Å². The van der Waals surface area contributed by atoms with Gasteiger partial charge in [0.05, 0.1) is 17.9 Å². The predicted molar refractivity (Wildman–Crippen MR) is 77.1 cm³/mol. The number of hydrogen-bond acceptors (Lipinski definition) is 5. The number of nitrogens with zero attached hydrogens (tertiary/aromatic N) is 5. The third-order valence-corrected chi connectivity index (χ3v) is 4.17. The number of carbonyl (C=O) groups is 1. The molecular weight excluding hydrogens is 268 g/mol. The number of hydrogen-bond donors (Lipinski definition) is 1. The van der Waals surface area contributed by atoms with Crippen molar-refractivity contribution in [2.45, 2.75) is 31.6 Å². The first-order valence-electron chi connectivity index (χ1n) is 7.54. The molecule has 7 heteroatoms. The number of carbonyl (C=O) groups excluding carboxylic acids is 1. The molecule has 2 aliphatic rings. The van der Waals surface area contributed by atoms with E-state index in [1.165, 1.54) is 12.8 Å². The number of nitrogens with one attached hydrogen (secondary N) is 1. The summed E-state index contributed by atoms with van der Waals surface area (Å²) in [5.41, 5.74) is 2.57. The van der Waals surface area contributed by atoms with Crippen LogP contribution in [0.15, 0.2) is 12.4 Å². The zero-order chi connectivity index (χ0) is 14.2. The SMILES string of the molecule is O=C(CNc1cc(C2CC2)nn2cnnc12)N1CCCC1. The van der Waals surface area contributed by atoms with Gasteiger partial charge < -0.3 is 10.2 Å². The highest BCUT2D eigenvalue weighted by Gasteiger charge is 2.27. The molecule has 0 unspecified atom stereocenters. The van der Waals surface area contributed by atoms with Crippen LogP contribution in [0.4, 0.5) is 5.69 Å². The molecule has 2 fully saturated rings. The zero-order valence-electron chi connectivity index (χ0n) is 11.8. The lowest BCUT2D eigenvalue weighted by Gasteiger charge is -2.16. The summed E-state index contributed by atoms with van der Waals surface area (Å²) >= 11 is 0. The normalized spacial score (nSPS) is 18.4. The predicted octanol–water partition coefficient (Wildman–Crippen LogP) is 1.04. The fourth-order valence-corrected chi connectivity index (χ4v) is 2.80. The smallest absolute Gasteiger partial charge is 0.241 e. The minimum absolute atomic E-state index is 0.148. The Hall–Kier alpha value is -2.18. The Morgan fingerprint density at radius 3 is 2.90 bits per heavy atom. The van der Waals surface area contributed by atoms with E-state index in [9.17, 15) is 4.79 Å². The first kappa shape index (κ1) is 12.6. The van der Waals surface area contributed by atoms with Gasteiger partial charge in [0.2, 0.25) is 11.6 Å². The molecule has 2 aromatic rings. The van der Waals surface area contributed by atoms with Crippen LogP contribution in [0.5, 0.6) is 0 Å². The molecule has 1 saturated carbocycles. The van der Waals surface area contributed by atoms with Crippen molar-refractivity contribution in [1.82, 2.24) is 24.7 Å². The van der Waals surface area contributed by atoms with Gasteiger partial charge in [0.15, 0.2) is 0 Å². The minimum Gasteiger partial charge on any atom is -0.373 e. The van der Waals surface area contributed by atoms with Crippen LogP contribution >= 0.6 is 0 Å². The highest BCUT2D eigenvalue weighted by molar-refractivity contribution is 5.82. The van der Waals surface area contributed by atoms with Gasteiger partial charge >= 0.3 is 0 Å². The van der Waals surface area contributed by atoms with Gasteiger partial charge in [-0.05, 0) is 31.7 Å². The lowest BCUT2D eigenvalue weighted by molar-refractivity contribution is -0.128. The van der Waals surface area contributed by atoms with Crippen LogP contribution in [0.3, 0.4) is 0 Å². The van der Waals surface area contributed by atoms with E-state index in [1.807, 2.05) is 11.0 Å². The number of amides is 1. The molecule has 1 amide bonds. The van der Waals surface area contributed by atoms with Crippen molar-refractivity contribution < 1.29 is 4.79 Å². The molecule has 1 saturated heterocycles. The highest BCUT2D eigenvalue weighted by atomic mass is 16.2. The Kier molecular flexibility index (Phi) is 2.98. The number of rotatable bonds is 4. The van der Waals surface area contributed by atoms with E-state index < -0.39 is 0 Å². The van der Waals surface area contributed by atoms with Crippen LogP contribution in [0, 0.1) is 0 Å². The fourth-order valence-electron chi connectivity index (χ4n) is 2.80. The van der Waals surface area contributed by atoms with Crippen LogP contribution in [-0.2, 0) is 4.79 Å². The number of fused-ring (bicyclic) bond motifs is 1. The van der Waals surface area contributed by atoms with Crippen molar-refractivity contribution in [1.29, 1.82) is 0 Å². The first-order valence-corrected chi connectivity index (χ1v) is 7.54. The van der Waals surface area contributed by atoms with E-state index in [-0.39, 0.29) is 5.91 Å². The van der Waals surface area contributed by atoms with Crippen molar-refractivity contribution in [3.8, 4) is 0 Å². The molecule has 1 aliphatic heterocycles. The van der Waals surface area contributed by atoms with E-state index in [0.717, 1.165) is 37.3 Å². The van der Waals surface area contributed by atoms with E-state index in [4.69, 9.17) is 0 Å². The molecule has 1 aliphatic carbocycles. The zero-order valence-corrected chi connectivity index (χ0v) is 11.8. The Morgan fingerprint density at radius 2 is 2.14 bits per heavy atom. The average Bonchev–Trinajstić information content (AvgIpc) is 3.02. The molecule has 7 nitrogen and oxygen atoms in total. The summed E-state index contributed by atoms with van der Waals surface area (Å²) in [4.78, 5) is 14.0. The topological polar surface area (TPSA) is 75.4 Å². The Labute approximate surface area is 122 Å². The standard InChI is InChI=1S/C14H18N6O/c21-13(19-5-1-2-6-19)8-15-12-7-11(10-3-4-10)18-20-9-16-17-14(12)20/h7,9-10,15H,1-6,8H2. The van der Waals surface area contributed by atoms with Crippen molar-refractivity contribution >= 4 is 17.2 Å². The van der Waals surface area contributed by atoms with Gasteiger partial charge in [-0.1, -0.05) is 0 Å². The van der Waals surface area contributed by atoms with E-state index in [0.29, 0.717) is 18.1 Å². The van der Waals surface area contributed by atoms with Gasteiger partial charge in [0.25, 0.3) is 0 Å². The van der Waals surface area contributed by atoms with Crippen molar-refractivity contribution in [2.75, 3.05) is 25.0 Å². The summed E-state index contributed by atoms with van der Waals surface area (Å²) in [5, 5.41) is 15.7. The van der Waals surface area contributed by atoms with E-state index in [2.05, 4.69) is 20.6 Å². The summed E-state index contributed by atoms with van der Waals surface area (Å²) in [7, 11) is 0. The molecule has 0 radical (unpaired) electrons. The van der Waals surface area contributed by atoms with Gasteiger partial charge in [0, 0.05) is 19.0 Å². The second-order valence-electron chi connectivity index (χ2n) is 5.80.